The van der Waals surface area contributed by atoms with Crippen LogP contribution in [-0.4, -0.2) is 19.2 Å². The zero-order valence-electron chi connectivity index (χ0n) is 13.0. The third kappa shape index (κ3) is 3.07. The van der Waals surface area contributed by atoms with Crippen molar-refractivity contribution in [2.75, 3.05) is 0 Å². The molecule has 0 saturated heterocycles. The van der Waals surface area contributed by atoms with E-state index in [1.807, 2.05) is 0 Å². The zero-order chi connectivity index (χ0) is 17.9. The van der Waals surface area contributed by atoms with Crippen molar-refractivity contribution in [1.82, 2.24) is 9.13 Å². The van der Waals surface area contributed by atoms with Crippen molar-refractivity contribution in [3.8, 4) is 5.88 Å². The fourth-order valence-corrected chi connectivity index (χ4v) is 2.10. The summed E-state index contributed by atoms with van der Waals surface area (Å²) < 4.78 is 1.91. The largest absolute Gasteiger partial charge is 0.493 e. The third-order valence-electron chi connectivity index (χ3n) is 3.32. The number of hydrogen-bond donors (Lipinski definition) is 1. The summed E-state index contributed by atoms with van der Waals surface area (Å²) >= 11 is 0. The molecule has 24 heavy (non-hydrogen) atoms. The maximum absolute atomic E-state index is 12.2. The highest BCUT2D eigenvalue weighted by molar-refractivity contribution is 5.48. The van der Waals surface area contributed by atoms with E-state index >= 15 is 0 Å². The molecule has 1 heterocycles. The van der Waals surface area contributed by atoms with E-state index in [2.05, 4.69) is 10.2 Å². The van der Waals surface area contributed by atoms with Crippen molar-refractivity contribution in [2.24, 2.45) is 10.2 Å². The number of nitro groups is 1. The van der Waals surface area contributed by atoms with Crippen LogP contribution in [-0.2, 0) is 13.1 Å². The monoisotopic (exact) mass is 333 g/mol. The Labute approximate surface area is 135 Å². The van der Waals surface area contributed by atoms with Crippen LogP contribution in [0.15, 0.2) is 44.1 Å². The van der Waals surface area contributed by atoms with E-state index in [-0.39, 0.29) is 24.5 Å². The SMILES string of the molecule is CCn1c(O)c(N=Nc2cccc([N+](=O)[O-])c2)c(=O)n(CC)c1=O. The molecule has 0 aliphatic carbocycles. The van der Waals surface area contributed by atoms with Gasteiger partial charge in [0, 0.05) is 25.2 Å². The smallest absolute Gasteiger partial charge is 0.333 e. The topological polar surface area (TPSA) is 132 Å². The van der Waals surface area contributed by atoms with Crippen molar-refractivity contribution >= 4 is 17.1 Å². The highest BCUT2D eigenvalue weighted by Gasteiger charge is 2.17. The van der Waals surface area contributed by atoms with Gasteiger partial charge in [-0.05, 0) is 19.9 Å². The highest BCUT2D eigenvalue weighted by atomic mass is 16.6. The number of aromatic nitrogens is 2. The first-order valence-electron chi connectivity index (χ1n) is 7.13. The number of non-ortho nitro benzene ring substituents is 1. The summed E-state index contributed by atoms with van der Waals surface area (Å²) in [5, 5.41) is 28.3. The van der Waals surface area contributed by atoms with Gasteiger partial charge >= 0.3 is 5.69 Å². The summed E-state index contributed by atoms with van der Waals surface area (Å²) in [6.07, 6.45) is 0. The van der Waals surface area contributed by atoms with Crippen LogP contribution in [0.2, 0.25) is 0 Å². The number of benzene rings is 1. The molecule has 0 fully saturated rings. The van der Waals surface area contributed by atoms with Gasteiger partial charge in [-0.15, -0.1) is 10.2 Å². The Balaban J connectivity index is 2.57. The lowest BCUT2D eigenvalue weighted by Gasteiger charge is -2.10. The summed E-state index contributed by atoms with van der Waals surface area (Å²) in [5.41, 5.74) is -1.86. The molecule has 0 spiro atoms. The molecule has 1 aromatic carbocycles. The van der Waals surface area contributed by atoms with Gasteiger partial charge in [-0.1, -0.05) is 6.07 Å². The predicted octanol–water partition coefficient (Wildman–Crippen LogP) is 2.08. The number of aromatic hydroxyl groups is 1. The van der Waals surface area contributed by atoms with Gasteiger partial charge in [0.2, 0.25) is 11.6 Å². The molecule has 2 aromatic rings. The summed E-state index contributed by atoms with van der Waals surface area (Å²) in [5.74, 6) is -0.591. The van der Waals surface area contributed by atoms with Gasteiger partial charge in [-0.25, -0.2) is 4.79 Å². The molecule has 0 saturated carbocycles. The Morgan fingerprint density at radius 3 is 2.42 bits per heavy atom. The van der Waals surface area contributed by atoms with Gasteiger partial charge in [0.25, 0.3) is 11.2 Å². The van der Waals surface area contributed by atoms with Crippen LogP contribution < -0.4 is 11.2 Å². The van der Waals surface area contributed by atoms with Crippen molar-refractivity contribution in [3.63, 3.8) is 0 Å². The third-order valence-corrected chi connectivity index (χ3v) is 3.32. The van der Waals surface area contributed by atoms with Crippen molar-refractivity contribution in [3.05, 3.63) is 55.2 Å². The molecule has 0 radical (unpaired) electrons. The Hall–Kier alpha value is -3.30. The maximum Gasteiger partial charge on any atom is 0.333 e. The number of nitro benzene ring substituents is 1. The number of rotatable bonds is 5. The van der Waals surface area contributed by atoms with Crippen LogP contribution in [0.4, 0.5) is 17.1 Å². The summed E-state index contributed by atoms with van der Waals surface area (Å²) in [6, 6.07) is 5.35. The number of nitrogens with zero attached hydrogens (tertiary/aromatic N) is 5. The van der Waals surface area contributed by atoms with Crippen LogP contribution in [0.3, 0.4) is 0 Å². The summed E-state index contributed by atoms with van der Waals surface area (Å²) in [4.78, 5) is 34.4. The molecule has 0 bridgehead atoms. The van der Waals surface area contributed by atoms with Crippen LogP contribution >= 0.6 is 0 Å². The van der Waals surface area contributed by atoms with Crippen LogP contribution in [0.1, 0.15) is 13.8 Å². The van der Waals surface area contributed by atoms with Gasteiger partial charge in [0.1, 0.15) is 0 Å². The van der Waals surface area contributed by atoms with Gasteiger partial charge in [-0.2, -0.15) is 0 Å². The number of hydrogen-bond acceptors (Lipinski definition) is 7. The zero-order valence-corrected chi connectivity index (χ0v) is 13.0. The average molecular weight is 333 g/mol. The second-order valence-corrected chi connectivity index (χ2v) is 4.73. The molecule has 0 amide bonds. The predicted molar refractivity (Wildman–Crippen MR) is 85.2 cm³/mol. The van der Waals surface area contributed by atoms with E-state index in [0.717, 1.165) is 9.13 Å². The minimum atomic E-state index is -0.779. The minimum absolute atomic E-state index is 0.108. The molecule has 126 valence electrons. The highest BCUT2D eigenvalue weighted by Crippen LogP contribution is 2.25. The standard InChI is InChI=1S/C14H15N5O5/c1-3-17-12(20)11(13(21)18(4-2)14(17)22)16-15-9-6-5-7-10(8-9)19(23)24/h5-8,20H,3-4H2,1-2H3. The molecule has 2 rings (SSSR count). The first-order valence-corrected chi connectivity index (χ1v) is 7.13. The lowest BCUT2D eigenvalue weighted by atomic mass is 10.3. The van der Waals surface area contributed by atoms with Gasteiger partial charge < -0.3 is 5.11 Å². The van der Waals surface area contributed by atoms with E-state index in [9.17, 15) is 24.8 Å². The Morgan fingerprint density at radius 2 is 1.83 bits per heavy atom. The molecule has 1 N–H and O–H groups in total. The lowest BCUT2D eigenvalue weighted by molar-refractivity contribution is -0.384. The summed E-state index contributed by atoms with van der Waals surface area (Å²) in [6.45, 7) is 3.50. The molecule has 0 atom stereocenters. The van der Waals surface area contributed by atoms with E-state index < -0.39 is 27.7 Å². The Kier molecular flexibility index (Phi) is 4.87. The van der Waals surface area contributed by atoms with Gasteiger partial charge in [0.05, 0.1) is 10.6 Å². The summed E-state index contributed by atoms with van der Waals surface area (Å²) in [7, 11) is 0. The maximum atomic E-state index is 12.2. The van der Waals surface area contributed by atoms with E-state index in [4.69, 9.17) is 0 Å². The second-order valence-electron chi connectivity index (χ2n) is 4.73. The van der Waals surface area contributed by atoms with Gasteiger partial charge in [-0.3, -0.25) is 24.0 Å². The fraction of sp³-hybridized carbons (Fsp3) is 0.286. The molecular weight excluding hydrogens is 318 g/mol. The molecule has 10 nitrogen and oxygen atoms in total. The first kappa shape index (κ1) is 17.1. The van der Waals surface area contributed by atoms with Crippen LogP contribution in [0.5, 0.6) is 5.88 Å². The van der Waals surface area contributed by atoms with Crippen LogP contribution in [0, 0.1) is 10.1 Å². The molecule has 0 aliphatic rings. The van der Waals surface area contributed by atoms with E-state index in [0.29, 0.717) is 0 Å². The normalized spacial score (nSPS) is 11.1. The first-order chi connectivity index (χ1) is 11.4. The fourth-order valence-electron chi connectivity index (χ4n) is 2.10. The average Bonchev–Trinajstić information content (AvgIpc) is 2.55. The van der Waals surface area contributed by atoms with Crippen molar-refractivity contribution in [2.45, 2.75) is 26.9 Å². The Bertz CT molecular complexity index is 928. The lowest BCUT2D eigenvalue weighted by Crippen LogP contribution is -2.38. The number of azo groups is 1. The molecular formula is C14H15N5O5. The molecule has 1 aromatic heterocycles. The molecule has 0 aliphatic heterocycles. The van der Waals surface area contributed by atoms with Crippen LogP contribution in [0.25, 0.3) is 0 Å². The minimum Gasteiger partial charge on any atom is -0.493 e. The van der Waals surface area contributed by atoms with E-state index in [1.165, 1.54) is 24.3 Å². The molecule has 0 unspecified atom stereocenters. The molecule has 10 heteroatoms. The van der Waals surface area contributed by atoms with E-state index in [1.54, 1.807) is 13.8 Å². The van der Waals surface area contributed by atoms with Crippen molar-refractivity contribution in [1.29, 1.82) is 0 Å². The van der Waals surface area contributed by atoms with Crippen molar-refractivity contribution < 1.29 is 10.0 Å². The Morgan fingerprint density at radius 1 is 1.17 bits per heavy atom. The second kappa shape index (κ2) is 6.86. The van der Waals surface area contributed by atoms with Gasteiger partial charge in [0.15, 0.2) is 0 Å². The quantitative estimate of drug-likeness (QED) is 0.508.